The minimum atomic E-state index is -4.21. The van der Waals surface area contributed by atoms with Crippen molar-refractivity contribution < 1.29 is 22.4 Å². The first-order chi connectivity index (χ1) is 16.4. The number of amides is 2. The molecule has 0 aromatic heterocycles. The third-order valence-electron chi connectivity index (χ3n) is 5.74. The molecule has 2 aromatic carbocycles. The van der Waals surface area contributed by atoms with Crippen LogP contribution in [0.25, 0.3) is 0 Å². The van der Waals surface area contributed by atoms with Gasteiger partial charge in [0.05, 0.1) is 5.69 Å². The standard InChI is InChI=1S/C25H35FN4O4S/c1-7-19(3)27-25(32)20(4)29(16-21-12-10-11-18(2)15-21)24(31)17-30(35(33,34)28(5)6)23-14-9-8-13-22(23)26/h8-15,19-20H,7,16-17H2,1-6H3,(H,27,32). The van der Waals surface area contributed by atoms with Gasteiger partial charge in [-0.15, -0.1) is 0 Å². The van der Waals surface area contributed by atoms with Crippen LogP contribution in [-0.2, 0) is 26.3 Å². The van der Waals surface area contributed by atoms with E-state index in [1.165, 1.54) is 37.2 Å². The van der Waals surface area contributed by atoms with Gasteiger partial charge in [-0.05, 0) is 44.9 Å². The lowest BCUT2D eigenvalue weighted by Gasteiger charge is -2.33. The van der Waals surface area contributed by atoms with Gasteiger partial charge in [0, 0.05) is 26.7 Å². The van der Waals surface area contributed by atoms with Crippen molar-refractivity contribution in [3.05, 3.63) is 65.5 Å². The van der Waals surface area contributed by atoms with Crippen molar-refractivity contribution in [2.75, 3.05) is 24.9 Å². The maximum absolute atomic E-state index is 14.6. The van der Waals surface area contributed by atoms with Gasteiger partial charge in [-0.2, -0.15) is 12.7 Å². The molecular weight excluding hydrogens is 471 g/mol. The van der Waals surface area contributed by atoms with E-state index in [-0.39, 0.29) is 24.2 Å². The summed E-state index contributed by atoms with van der Waals surface area (Å²) < 4.78 is 42.4. The third-order valence-corrected chi connectivity index (χ3v) is 7.55. The van der Waals surface area contributed by atoms with Gasteiger partial charge in [0.2, 0.25) is 11.8 Å². The van der Waals surface area contributed by atoms with Crippen molar-refractivity contribution in [1.82, 2.24) is 14.5 Å². The molecule has 10 heteroatoms. The van der Waals surface area contributed by atoms with E-state index < -0.39 is 34.5 Å². The topological polar surface area (TPSA) is 90.0 Å². The number of aryl methyl sites for hydroxylation is 1. The summed E-state index contributed by atoms with van der Waals surface area (Å²) in [5, 5.41) is 2.87. The van der Waals surface area contributed by atoms with E-state index in [9.17, 15) is 22.4 Å². The third kappa shape index (κ3) is 7.25. The summed E-state index contributed by atoms with van der Waals surface area (Å²) in [5.41, 5.74) is 1.52. The molecule has 0 spiro atoms. The fourth-order valence-corrected chi connectivity index (χ4v) is 4.48. The number of nitrogens with one attached hydrogen (secondary N) is 1. The van der Waals surface area contributed by atoms with Crippen molar-refractivity contribution in [2.45, 2.75) is 52.7 Å². The molecule has 2 rings (SSSR count). The summed E-state index contributed by atoms with van der Waals surface area (Å²) in [7, 11) is -1.60. The predicted molar refractivity (Wildman–Crippen MR) is 135 cm³/mol. The lowest BCUT2D eigenvalue weighted by molar-refractivity contribution is -0.139. The molecule has 2 unspecified atom stereocenters. The SMILES string of the molecule is CCC(C)NC(=O)C(C)N(Cc1cccc(C)c1)C(=O)CN(c1ccccc1F)S(=O)(=O)N(C)C. The van der Waals surface area contributed by atoms with Gasteiger partial charge in [-0.25, -0.2) is 8.70 Å². The van der Waals surface area contributed by atoms with Crippen molar-refractivity contribution in [3.63, 3.8) is 0 Å². The summed E-state index contributed by atoms with van der Waals surface area (Å²) >= 11 is 0. The van der Waals surface area contributed by atoms with Gasteiger partial charge in [-0.3, -0.25) is 9.59 Å². The van der Waals surface area contributed by atoms with Gasteiger partial charge in [0.1, 0.15) is 18.4 Å². The molecule has 0 bridgehead atoms. The molecule has 35 heavy (non-hydrogen) atoms. The molecule has 0 saturated heterocycles. The second-order valence-corrected chi connectivity index (χ2v) is 10.8. The average molecular weight is 507 g/mol. The van der Waals surface area contributed by atoms with Gasteiger partial charge in [-0.1, -0.05) is 48.9 Å². The first kappa shape index (κ1) is 28.3. The van der Waals surface area contributed by atoms with E-state index in [2.05, 4.69) is 5.32 Å². The molecule has 2 amide bonds. The van der Waals surface area contributed by atoms with E-state index in [4.69, 9.17) is 0 Å². The van der Waals surface area contributed by atoms with Gasteiger partial charge < -0.3 is 10.2 Å². The number of para-hydroxylation sites is 1. The molecule has 2 atom stereocenters. The van der Waals surface area contributed by atoms with E-state index in [1.807, 2.05) is 45.0 Å². The number of anilines is 1. The largest absolute Gasteiger partial charge is 0.352 e. The number of benzene rings is 2. The highest BCUT2D eigenvalue weighted by molar-refractivity contribution is 7.90. The smallest absolute Gasteiger partial charge is 0.304 e. The number of rotatable bonds is 11. The van der Waals surface area contributed by atoms with E-state index >= 15 is 0 Å². The summed E-state index contributed by atoms with van der Waals surface area (Å²) in [5.74, 6) is -1.77. The zero-order valence-electron chi connectivity index (χ0n) is 21.2. The summed E-state index contributed by atoms with van der Waals surface area (Å²) in [6.45, 7) is 6.72. The van der Waals surface area contributed by atoms with Crippen LogP contribution in [0.15, 0.2) is 48.5 Å². The first-order valence-corrected chi connectivity index (χ1v) is 12.9. The second kappa shape index (κ2) is 12.1. The molecule has 0 aliphatic carbocycles. The van der Waals surface area contributed by atoms with Crippen LogP contribution in [-0.4, -0.2) is 62.2 Å². The quantitative estimate of drug-likeness (QED) is 0.507. The van der Waals surface area contributed by atoms with Crippen molar-refractivity contribution >= 4 is 27.7 Å². The number of hydrogen-bond donors (Lipinski definition) is 1. The average Bonchev–Trinajstić information content (AvgIpc) is 2.80. The normalized spacial score (nSPS) is 13.3. The van der Waals surface area contributed by atoms with Crippen LogP contribution in [0, 0.1) is 12.7 Å². The zero-order chi connectivity index (χ0) is 26.3. The molecule has 0 radical (unpaired) electrons. The fourth-order valence-electron chi connectivity index (χ4n) is 3.41. The summed E-state index contributed by atoms with van der Waals surface area (Å²) in [6, 6.07) is 11.9. The van der Waals surface area contributed by atoms with Crippen molar-refractivity contribution in [2.24, 2.45) is 0 Å². The van der Waals surface area contributed by atoms with E-state index in [0.717, 1.165) is 25.8 Å². The van der Waals surface area contributed by atoms with Crippen molar-refractivity contribution in [3.8, 4) is 0 Å². The number of halogens is 1. The number of carbonyl (C=O) groups excluding carboxylic acids is 2. The Labute approximate surface area is 207 Å². The molecule has 8 nitrogen and oxygen atoms in total. The number of nitrogens with zero attached hydrogens (tertiary/aromatic N) is 3. The van der Waals surface area contributed by atoms with Crippen LogP contribution < -0.4 is 9.62 Å². The first-order valence-electron chi connectivity index (χ1n) is 11.5. The molecule has 0 heterocycles. The van der Waals surface area contributed by atoms with Crippen LogP contribution >= 0.6 is 0 Å². The van der Waals surface area contributed by atoms with Crippen LogP contribution in [0.1, 0.15) is 38.3 Å². The molecular formula is C25H35FN4O4S. The van der Waals surface area contributed by atoms with Crippen LogP contribution in [0.2, 0.25) is 0 Å². The Hall–Kier alpha value is -2.98. The predicted octanol–water partition coefficient (Wildman–Crippen LogP) is 3.08. The van der Waals surface area contributed by atoms with Crippen LogP contribution in [0.5, 0.6) is 0 Å². The highest BCUT2D eigenvalue weighted by Gasteiger charge is 2.33. The molecule has 2 aromatic rings. The monoisotopic (exact) mass is 506 g/mol. The second-order valence-electron chi connectivity index (χ2n) is 8.75. The maximum atomic E-state index is 14.6. The molecule has 0 fully saturated rings. The van der Waals surface area contributed by atoms with Crippen molar-refractivity contribution in [1.29, 1.82) is 0 Å². The molecule has 0 saturated carbocycles. The lowest BCUT2D eigenvalue weighted by atomic mass is 10.1. The van der Waals surface area contributed by atoms with Gasteiger partial charge in [0.15, 0.2) is 0 Å². The Balaban J connectivity index is 2.47. The number of carbonyl (C=O) groups is 2. The van der Waals surface area contributed by atoms with Gasteiger partial charge >= 0.3 is 10.2 Å². The van der Waals surface area contributed by atoms with E-state index in [1.54, 1.807) is 6.92 Å². The summed E-state index contributed by atoms with van der Waals surface area (Å²) in [6.07, 6.45) is 0.715. The lowest BCUT2D eigenvalue weighted by Crippen LogP contribution is -2.53. The Morgan fingerprint density at radius 3 is 2.29 bits per heavy atom. The highest BCUT2D eigenvalue weighted by atomic mass is 32.2. The molecule has 0 aliphatic heterocycles. The molecule has 192 valence electrons. The molecule has 1 N–H and O–H groups in total. The highest BCUT2D eigenvalue weighted by Crippen LogP contribution is 2.24. The fraction of sp³-hybridized carbons (Fsp3) is 0.440. The molecule has 0 aliphatic rings. The van der Waals surface area contributed by atoms with Crippen LogP contribution in [0.4, 0.5) is 10.1 Å². The van der Waals surface area contributed by atoms with Gasteiger partial charge in [0.25, 0.3) is 0 Å². The Bertz CT molecular complexity index is 1140. The maximum Gasteiger partial charge on any atom is 0.304 e. The number of hydrogen-bond acceptors (Lipinski definition) is 4. The Morgan fingerprint density at radius 1 is 1.06 bits per heavy atom. The summed E-state index contributed by atoms with van der Waals surface area (Å²) in [4.78, 5) is 27.8. The minimum Gasteiger partial charge on any atom is -0.352 e. The van der Waals surface area contributed by atoms with Crippen LogP contribution in [0.3, 0.4) is 0 Å². The Morgan fingerprint density at radius 2 is 1.71 bits per heavy atom. The Kier molecular flexibility index (Phi) is 9.79. The van der Waals surface area contributed by atoms with E-state index in [0.29, 0.717) is 6.42 Å². The zero-order valence-corrected chi connectivity index (χ0v) is 22.0. The minimum absolute atomic E-state index is 0.0860.